The largest absolute Gasteiger partial charge is 0.494 e. The lowest BCUT2D eigenvalue weighted by Gasteiger charge is -2.25. The van der Waals surface area contributed by atoms with Crippen molar-refractivity contribution in [1.82, 2.24) is 5.32 Å². The fourth-order valence-electron chi connectivity index (χ4n) is 2.66. The normalized spacial score (nSPS) is 18.4. The Hall–Kier alpha value is -1.02. The fourth-order valence-corrected chi connectivity index (χ4v) is 2.66. The first kappa shape index (κ1) is 13.4. The highest BCUT2D eigenvalue weighted by atomic mass is 16.5. The SMILES string of the molecule is CCNC(c1ccc(OCC)cc1)C(C)C1CC1. The molecule has 0 saturated heterocycles. The van der Waals surface area contributed by atoms with Crippen LogP contribution in [0.1, 0.15) is 45.2 Å². The number of hydrogen-bond donors (Lipinski definition) is 1. The lowest BCUT2D eigenvalue weighted by molar-refractivity contribution is 0.338. The van der Waals surface area contributed by atoms with Crippen molar-refractivity contribution in [3.63, 3.8) is 0 Å². The molecule has 2 atom stereocenters. The van der Waals surface area contributed by atoms with Crippen LogP contribution in [0.3, 0.4) is 0 Å². The van der Waals surface area contributed by atoms with Crippen molar-refractivity contribution >= 4 is 0 Å². The average Bonchev–Trinajstić information content (AvgIpc) is 3.21. The molecule has 1 fully saturated rings. The van der Waals surface area contributed by atoms with Crippen molar-refractivity contribution in [3.05, 3.63) is 29.8 Å². The summed E-state index contributed by atoms with van der Waals surface area (Å²) >= 11 is 0. The molecule has 0 bridgehead atoms. The first-order chi connectivity index (χ1) is 8.76. The Morgan fingerprint density at radius 2 is 1.89 bits per heavy atom. The van der Waals surface area contributed by atoms with Crippen LogP contribution in [0, 0.1) is 11.8 Å². The highest BCUT2D eigenvalue weighted by Gasteiger charge is 2.33. The van der Waals surface area contributed by atoms with Crippen molar-refractivity contribution in [1.29, 1.82) is 0 Å². The van der Waals surface area contributed by atoms with Gasteiger partial charge in [-0.25, -0.2) is 0 Å². The molecular formula is C16H25NO. The Labute approximate surface area is 111 Å². The zero-order chi connectivity index (χ0) is 13.0. The van der Waals surface area contributed by atoms with Crippen LogP contribution in [0.5, 0.6) is 5.75 Å². The number of hydrogen-bond acceptors (Lipinski definition) is 2. The summed E-state index contributed by atoms with van der Waals surface area (Å²) in [5.74, 6) is 2.61. The molecule has 2 heteroatoms. The van der Waals surface area contributed by atoms with E-state index >= 15 is 0 Å². The maximum atomic E-state index is 5.50. The van der Waals surface area contributed by atoms with Crippen molar-refractivity contribution in [2.45, 2.75) is 39.7 Å². The maximum Gasteiger partial charge on any atom is 0.119 e. The average molecular weight is 247 g/mol. The van der Waals surface area contributed by atoms with Crippen LogP contribution in [0.4, 0.5) is 0 Å². The van der Waals surface area contributed by atoms with Gasteiger partial charge in [-0.15, -0.1) is 0 Å². The second-order valence-electron chi connectivity index (χ2n) is 5.23. The molecule has 0 spiro atoms. The first-order valence-corrected chi connectivity index (χ1v) is 7.22. The molecule has 1 aliphatic rings. The molecule has 1 aliphatic carbocycles. The molecule has 2 nitrogen and oxygen atoms in total. The van der Waals surface area contributed by atoms with E-state index in [1.807, 2.05) is 6.92 Å². The van der Waals surface area contributed by atoms with Gasteiger partial charge in [0.15, 0.2) is 0 Å². The van der Waals surface area contributed by atoms with Crippen molar-refractivity contribution in [2.75, 3.05) is 13.2 Å². The second kappa shape index (κ2) is 6.24. The van der Waals surface area contributed by atoms with E-state index in [0.29, 0.717) is 6.04 Å². The molecule has 0 aromatic heterocycles. The van der Waals surface area contributed by atoms with Gasteiger partial charge in [-0.05, 0) is 55.8 Å². The van der Waals surface area contributed by atoms with E-state index in [2.05, 4.69) is 43.4 Å². The van der Waals surface area contributed by atoms with E-state index < -0.39 is 0 Å². The summed E-state index contributed by atoms with van der Waals surface area (Å²) in [6.45, 7) is 8.33. The maximum absolute atomic E-state index is 5.50. The molecule has 0 amide bonds. The summed E-state index contributed by atoms with van der Waals surface area (Å²) in [6, 6.07) is 9.07. The summed E-state index contributed by atoms with van der Waals surface area (Å²) in [4.78, 5) is 0. The van der Waals surface area contributed by atoms with Gasteiger partial charge in [-0.3, -0.25) is 0 Å². The zero-order valence-corrected chi connectivity index (χ0v) is 11.8. The number of rotatable bonds is 7. The Bertz CT molecular complexity index is 356. The smallest absolute Gasteiger partial charge is 0.119 e. The summed E-state index contributed by atoms with van der Waals surface area (Å²) in [5, 5.41) is 3.63. The van der Waals surface area contributed by atoms with Gasteiger partial charge in [0.1, 0.15) is 5.75 Å². The van der Waals surface area contributed by atoms with Crippen LogP contribution >= 0.6 is 0 Å². The molecule has 100 valence electrons. The number of nitrogens with one attached hydrogen (secondary N) is 1. The third-order valence-electron chi connectivity index (χ3n) is 3.87. The Kier molecular flexibility index (Phi) is 4.65. The molecule has 1 saturated carbocycles. The third kappa shape index (κ3) is 3.26. The molecule has 18 heavy (non-hydrogen) atoms. The number of ether oxygens (including phenoxy) is 1. The number of benzene rings is 1. The van der Waals surface area contributed by atoms with E-state index in [-0.39, 0.29) is 0 Å². The van der Waals surface area contributed by atoms with Gasteiger partial charge in [0, 0.05) is 6.04 Å². The minimum absolute atomic E-state index is 0.484. The van der Waals surface area contributed by atoms with Crippen LogP contribution in [-0.4, -0.2) is 13.2 Å². The lowest BCUT2D eigenvalue weighted by atomic mass is 9.90. The van der Waals surface area contributed by atoms with Gasteiger partial charge < -0.3 is 10.1 Å². The van der Waals surface area contributed by atoms with Crippen molar-refractivity contribution in [2.24, 2.45) is 11.8 Å². The topological polar surface area (TPSA) is 21.3 Å². The molecule has 2 rings (SSSR count). The molecular weight excluding hydrogens is 222 g/mol. The van der Waals surface area contributed by atoms with E-state index in [1.165, 1.54) is 18.4 Å². The van der Waals surface area contributed by atoms with E-state index in [4.69, 9.17) is 4.74 Å². The van der Waals surface area contributed by atoms with Crippen molar-refractivity contribution in [3.8, 4) is 5.75 Å². The second-order valence-corrected chi connectivity index (χ2v) is 5.23. The Morgan fingerprint density at radius 1 is 1.22 bits per heavy atom. The molecule has 1 aromatic rings. The van der Waals surface area contributed by atoms with E-state index in [9.17, 15) is 0 Å². The lowest BCUT2D eigenvalue weighted by Crippen LogP contribution is -2.27. The molecule has 0 heterocycles. The summed E-state index contributed by atoms with van der Waals surface area (Å²) in [5.41, 5.74) is 1.39. The highest BCUT2D eigenvalue weighted by Crippen LogP contribution is 2.42. The van der Waals surface area contributed by atoms with Crippen LogP contribution in [0.25, 0.3) is 0 Å². The Morgan fingerprint density at radius 3 is 2.39 bits per heavy atom. The van der Waals surface area contributed by atoms with Gasteiger partial charge >= 0.3 is 0 Å². The van der Waals surface area contributed by atoms with Crippen molar-refractivity contribution < 1.29 is 4.74 Å². The van der Waals surface area contributed by atoms with Gasteiger partial charge in [-0.1, -0.05) is 26.0 Å². The minimum Gasteiger partial charge on any atom is -0.494 e. The zero-order valence-electron chi connectivity index (χ0n) is 11.8. The molecule has 1 aromatic carbocycles. The first-order valence-electron chi connectivity index (χ1n) is 7.22. The van der Waals surface area contributed by atoms with Gasteiger partial charge in [-0.2, -0.15) is 0 Å². The summed E-state index contributed by atoms with van der Waals surface area (Å²) < 4.78 is 5.50. The minimum atomic E-state index is 0.484. The van der Waals surface area contributed by atoms with E-state index in [0.717, 1.165) is 30.7 Å². The summed E-state index contributed by atoms with van der Waals surface area (Å²) in [6.07, 6.45) is 2.81. The quantitative estimate of drug-likeness (QED) is 0.791. The standard InChI is InChI=1S/C16H25NO/c1-4-17-16(12(3)13-6-7-13)14-8-10-15(11-9-14)18-5-2/h8-13,16-17H,4-7H2,1-3H3. The molecule has 1 N–H and O–H groups in total. The predicted molar refractivity (Wildman–Crippen MR) is 75.9 cm³/mol. The van der Waals surface area contributed by atoms with Crippen LogP contribution < -0.4 is 10.1 Å². The monoisotopic (exact) mass is 247 g/mol. The van der Waals surface area contributed by atoms with Crippen LogP contribution in [0.2, 0.25) is 0 Å². The predicted octanol–water partition coefficient (Wildman–Crippen LogP) is 3.78. The molecule has 0 aliphatic heterocycles. The highest BCUT2D eigenvalue weighted by molar-refractivity contribution is 5.29. The molecule has 2 unspecified atom stereocenters. The Balaban J connectivity index is 2.08. The van der Waals surface area contributed by atoms with Crippen LogP contribution in [0.15, 0.2) is 24.3 Å². The van der Waals surface area contributed by atoms with Gasteiger partial charge in [0.25, 0.3) is 0 Å². The third-order valence-corrected chi connectivity index (χ3v) is 3.87. The van der Waals surface area contributed by atoms with E-state index in [1.54, 1.807) is 0 Å². The molecule has 0 radical (unpaired) electrons. The van der Waals surface area contributed by atoms with Gasteiger partial charge in [0.05, 0.1) is 6.61 Å². The fraction of sp³-hybridized carbons (Fsp3) is 0.625. The summed E-state index contributed by atoms with van der Waals surface area (Å²) in [7, 11) is 0. The van der Waals surface area contributed by atoms with Gasteiger partial charge in [0.2, 0.25) is 0 Å². The van der Waals surface area contributed by atoms with Crippen LogP contribution in [-0.2, 0) is 0 Å².